The van der Waals surface area contributed by atoms with Crippen LogP contribution in [-0.4, -0.2) is 16.0 Å². The summed E-state index contributed by atoms with van der Waals surface area (Å²) in [5.41, 5.74) is 1.17. The Bertz CT molecular complexity index is 959. The van der Waals surface area contributed by atoms with Gasteiger partial charge in [-0.15, -0.1) is 0 Å². The van der Waals surface area contributed by atoms with Gasteiger partial charge in [-0.25, -0.2) is 0 Å². The molecule has 8 heteroatoms. The zero-order valence-electron chi connectivity index (χ0n) is 14.7. The molecular weight excluding hydrogens is 389 g/mol. The highest BCUT2D eigenvalue weighted by Gasteiger charge is 2.18. The van der Waals surface area contributed by atoms with Crippen LogP contribution in [0.3, 0.4) is 0 Å². The number of hydrogen-bond donors (Lipinski definition) is 1. The summed E-state index contributed by atoms with van der Waals surface area (Å²) in [5.74, 6) is 0.998. The second-order valence-corrected chi connectivity index (χ2v) is 6.72. The van der Waals surface area contributed by atoms with Gasteiger partial charge >= 0.3 is 0 Å². The van der Waals surface area contributed by atoms with Crippen LogP contribution >= 0.6 is 23.2 Å². The molecule has 0 aliphatic carbocycles. The standard InChI is InChI=1S/C19H17Cl2N3O3/c1-11(14-8-7-13(20)9-16(14)21)22-19(25)15-5-3-4-6-17(15)26-10-18-23-12(2)27-24-18/h3-9,11H,10H2,1-2H3,(H,22,25)/t11-/m0/s1. The molecule has 1 N–H and O–H groups in total. The van der Waals surface area contributed by atoms with Crippen molar-refractivity contribution in [3.8, 4) is 5.75 Å². The Hall–Kier alpha value is -2.57. The average Bonchev–Trinajstić information content (AvgIpc) is 3.05. The van der Waals surface area contributed by atoms with Crippen molar-refractivity contribution in [1.82, 2.24) is 15.5 Å². The number of amides is 1. The highest BCUT2D eigenvalue weighted by Crippen LogP contribution is 2.27. The highest BCUT2D eigenvalue weighted by atomic mass is 35.5. The minimum absolute atomic E-state index is 0.0974. The average molecular weight is 406 g/mol. The second-order valence-electron chi connectivity index (χ2n) is 5.88. The van der Waals surface area contributed by atoms with Crippen LogP contribution in [0.1, 0.15) is 40.6 Å². The Labute approximate surface area is 166 Å². The molecular formula is C19H17Cl2N3O3. The number of carbonyl (C=O) groups is 1. The molecule has 0 saturated carbocycles. The van der Waals surface area contributed by atoms with E-state index in [1.54, 1.807) is 49.4 Å². The minimum Gasteiger partial charge on any atom is -0.485 e. The number of carbonyl (C=O) groups excluding carboxylic acids is 1. The highest BCUT2D eigenvalue weighted by molar-refractivity contribution is 6.35. The van der Waals surface area contributed by atoms with Gasteiger partial charge in [-0.1, -0.05) is 46.6 Å². The predicted molar refractivity (Wildman–Crippen MR) is 102 cm³/mol. The third-order valence-electron chi connectivity index (χ3n) is 3.83. The molecule has 3 aromatic rings. The van der Waals surface area contributed by atoms with Crippen LogP contribution in [0.25, 0.3) is 0 Å². The number of hydrogen-bond acceptors (Lipinski definition) is 5. The van der Waals surface area contributed by atoms with Gasteiger partial charge in [0.2, 0.25) is 11.7 Å². The number of nitrogens with zero attached hydrogens (tertiary/aromatic N) is 2. The third kappa shape index (κ3) is 4.78. The molecule has 3 rings (SSSR count). The van der Waals surface area contributed by atoms with Crippen LogP contribution in [-0.2, 0) is 6.61 Å². The molecule has 0 aliphatic rings. The number of ether oxygens (including phenoxy) is 1. The van der Waals surface area contributed by atoms with Crippen LogP contribution in [0.15, 0.2) is 47.0 Å². The zero-order valence-corrected chi connectivity index (χ0v) is 16.2. The predicted octanol–water partition coefficient (Wildman–Crippen LogP) is 4.75. The molecule has 0 bridgehead atoms. The van der Waals surface area contributed by atoms with Crippen molar-refractivity contribution in [2.75, 3.05) is 0 Å². The first-order valence-corrected chi connectivity index (χ1v) is 8.96. The van der Waals surface area contributed by atoms with Crippen LogP contribution < -0.4 is 10.1 Å². The lowest BCUT2D eigenvalue weighted by molar-refractivity contribution is 0.0935. The summed E-state index contributed by atoms with van der Waals surface area (Å²) < 4.78 is 10.6. The first kappa shape index (κ1) is 19.2. The van der Waals surface area contributed by atoms with Crippen molar-refractivity contribution in [2.24, 2.45) is 0 Å². The topological polar surface area (TPSA) is 77.2 Å². The normalized spacial score (nSPS) is 11.9. The molecule has 0 fully saturated rings. The minimum atomic E-state index is -0.310. The van der Waals surface area contributed by atoms with E-state index in [2.05, 4.69) is 15.5 Å². The number of halogens is 2. The van der Waals surface area contributed by atoms with Crippen molar-refractivity contribution in [1.29, 1.82) is 0 Å². The van der Waals surface area contributed by atoms with E-state index in [4.69, 9.17) is 32.5 Å². The van der Waals surface area contributed by atoms with Gasteiger partial charge in [0, 0.05) is 17.0 Å². The lowest BCUT2D eigenvalue weighted by Crippen LogP contribution is -2.27. The quantitative estimate of drug-likeness (QED) is 0.639. The third-order valence-corrected chi connectivity index (χ3v) is 4.40. The van der Waals surface area contributed by atoms with E-state index in [0.717, 1.165) is 5.56 Å². The number of aryl methyl sites for hydroxylation is 1. The van der Waals surface area contributed by atoms with Gasteiger partial charge in [-0.3, -0.25) is 4.79 Å². The van der Waals surface area contributed by atoms with Crippen molar-refractivity contribution in [2.45, 2.75) is 26.5 Å². The summed E-state index contributed by atoms with van der Waals surface area (Å²) in [6.07, 6.45) is 0. The molecule has 1 atom stereocenters. The van der Waals surface area contributed by atoms with Crippen LogP contribution in [0.5, 0.6) is 5.75 Å². The Balaban J connectivity index is 1.72. The van der Waals surface area contributed by atoms with E-state index in [9.17, 15) is 4.79 Å². The molecule has 0 radical (unpaired) electrons. The molecule has 0 unspecified atom stereocenters. The maximum absolute atomic E-state index is 12.7. The Morgan fingerprint density at radius 1 is 1.26 bits per heavy atom. The van der Waals surface area contributed by atoms with Crippen LogP contribution in [0, 0.1) is 6.92 Å². The van der Waals surface area contributed by atoms with Gasteiger partial charge in [0.25, 0.3) is 5.91 Å². The van der Waals surface area contributed by atoms with E-state index in [1.165, 1.54) is 0 Å². The lowest BCUT2D eigenvalue weighted by atomic mass is 10.1. The fourth-order valence-electron chi connectivity index (χ4n) is 2.53. The van der Waals surface area contributed by atoms with Crippen LogP contribution in [0.4, 0.5) is 0 Å². The largest absolute Gasteiger partial charge is 0.485 e. The van der Waals surface area contributed by atoms with E-state index in [1.807, 2.05) is 6.92 Å². The van der Waals surface area contributed by atoms with E-state index in [0.29, 0.717) is 33.1 Å². The Kier molecular flexibility index (Phi) is 5.98. The van der Waals surface area contributed by atoms with Crippen molar-refractivity contribution < 1.29 is 14.1 Å². The van der Waals surface area contributed by atoms with Crippen molar-refractivity contribution >= 4 is 29.1 Å². The summed E-state index contributed by atoms with van der Waals surface area (Å²) in [6.45, 7) is 3.64. The van der Waals surface area contributed by atoms with E-state index in [-0.39, 0.29) is 18.6 Å². The maximum Gasteiger partial charge on any atom is 0.255 e. The second kappa shape index (κ2) is 8.41. The van der Waals surface area contributed by atoms with Gasteiger partial charge in [0.15, 0.2) is 6.61 Å². The van der Waals surface area contributed by atoms with E-state index >= 15 is 0 Å². The summed E-state index contributed by atoms with van der Waals surface area (Å²) in [4.78, 5) is 16.8. The molecule has 0 spiro atoms. The summed E-state index contributed by atoms with van der Waals surface area (Å²) in [5, 5.41) is 7.72. The Morgan fingerprint density at radius 3 is 2.74 bits per heavy atom. The maximum atomic E-state index is 12.7. The molecule has 6 nitrogen and oxygen atoms in total. The fourth-order valence-corrected chi connectivity index (χ4v) is 3.10. The van der Waals surface area contributed by atoms with Crippen LogP contribution in [0.2, 0.25) is 10.0 Å². The van der Waals surface area contributed by atoms with Gasteiger partial charge < -0.3 is 14.6 Å². The van der Waals surface area contributed by atoms with Crippen molar-refractivity contribution in [3.05, 3.63) is 75.4 Å². The first-order valence-electron chi connectivity index (χ1n) is 8.21. The lowest BCUT2D eigenvalue weighted by Gasteiger charge is -2.17. The van der Waals surface area contributed by atoms with Crippen molar-refractivity contribution in [3.63, 3.8) is 0 Å². The van der Waals surface area contributed by atoms with Gasteiger partial charge in [-0.2, -0.15) is 4.98 Å². The molecule has 1 heterocycles. The molecule has 27 heavy (non-hydrogen) atoms. The fraction of sp³-hybridized carbons (Fsp3) is 0.211. The van der Waals surface area contributed by atoms with Gasteiger partial charge in [-0.05, 0) is 36.8 Å². The summed E-state index contributed by atoms with van der Waals surface area (Å²) in [7, 11) is 0. The molecule has 140 valence electrons. The number of para-hydroxylation sites is 1. The number of nitrogens with one attached hydrogen (secondary N) is 1. The summed E-state index contributed by atoms with van der Waals surface area (Å²) in [6, 6.07) is 11.8. The Morgan fingerprint density at radius 2 is 2.04 bits per heavy atom. The monoisotopic (exact) mass is 405 g/mol. The number of aromatic nitrogens is 2. The molecule has 0 aliphatic heterocycles. The first-order chi connectivity index (χ1) is 12.9. The zero-order chi connectivity index (χ0) is 19.4. The van der Waals surface area contributed by atoms with Gasteiger partial charge in [0.05, 0.1) is 11.6 Å². The summed E-state index contributed by atoms with van der Waals surface area (Å²) >= 11 is 12.1. The number of benzene rings is 2. The molecule has 2 aromatic carbocycles. The van der Waals surface area contributed by atoms with Gasteiger partial charge in [0.1, 0.15) is 5.75 Å². The molecule has 1 amide bonds. The van der Waals surface area contributed by atoms with E-state index < -0.39 is 0 Å². The SMILES string of the molecule is Cc1nc(COc2ccccc2C(=O)N[C@@H](C)c2ccc(Cl)cc2Cl)no1. The smallest absolute Gasteiger partial charge is 0.255 e. The number of rotatable bonds is 6. The molecule has 1 aromatic heterocycles. The molecule has 0 saturated heterocycles.